The van der Waals surface area contributed by atoms with E-state index in [9.17, 15) is 25.5 Å². The van der Waals surface area contributed by atoms with Gasteiger partial charge in [0.1, 0.15) is 5.75 Å². The molecular weight excluding hydrogens is 320 g/mol. The minimum Gasteiger partial charge on any atom is -0.507 e. The molecule has 0 aliphatic heterocycles. The molecule has 5 nitrogen and oxygen atoms in total. The summed E-state index contributed by atoms with van der Waals surface area (Å²) in [5.74, 6) is -1.09. The van der Waals surface area contributed by atoms with E-state index in [2.05, 4.69) is 0 Å². The van der Waals surface area contributed by atoms with E-state index in [-0.39, 0.29) is 34.1 Å². The molecule has 5 heteroatoms. The number of fused-ring (bicyclic) bond motifs is 2. The predicted molar refractivity (Wildman–Crippen MR) is 94.9 cm³/mol. The summed E-state index contributed by atoms with van der Waals surface area (Å²) in [4.78, 5) is 0. The van der Waals surface area contributed by atoms with Gasteiger partial charge >= 0.3 is 0 Å². The van der Waals surface area contributed by atoms with Gasteiger partial charge in [0.15, 0.2) is 23.0 Å². The molecule has 4 rings (SSSR count). The first-order valence-corrected chi connectivity index (χ1v) is 7.88. The summed E-state index contributed by atoms with van der Waals surface area (Å²) in [5.41, 5.74) is 3.33. The zero-order chi connectivity index (χ0) is 17.7. The third-order valence-corrected chi connectivity index (χ3v) is 4.67. The lowest BCUT2D eigenvalue weighted by Gasteiger charge is -2.20. The molecule has 0 saturated heterocycles. The third kappa shape index (κ3) is 2.32. The molecule has 5 N–H and O–H groups in total. The highest BCUT2D eigenvalue weighted by Crippen LogP contribution is 2.45. The van der Waals surface area contributed by atoms with E-state index >= 15 is 0 Å². The van der Waals surface area contributed by atoms with Crippen molar-refractivity contribution in [3.8, 4) is 28.7 Å². The van der Waals surface area contributed by atoms with Crippen molar-refractivity contribution in [1.29, 1.82) is 0 Å². The summed E-state index contributed by atoms with van der Waals surface area (Å²) in [6, 6.07) is 9.44. The van der Waals surface area contributed by atoms with E-state index in [1.165, 1.54) is 18.2 Å². The predicted octanol–water partition coefficient (Wildman–Crippen LogP) is 3.85. The largest absolute Gasteiger partial charge is 0.507 e. The molecule has 0 aromatic heterocycles. The van der Waals surface area contributed by atoms with Crippen molar-refractivity contribution in [3.05, 3.63) is 53.1 Å². The van der Waals surface area contributed by atoms with Crippen LogP contribution in [-0.4, -0.2) is 25.5 Å². The van der Waals surface area contributed by atoms with Gasteiger partial charge in [0.05, 0.1) is 5.39 Å². The van der Waals surface area contributed by atoms with Crippen molar-refractivity contribution in [3.63, 3.8) is 0 Å². The number of aryl methyl sites for hydroxylation is 1. The first-order chi connectivity index (χ1) is 12.0. The Labute approximate surface area is 143 Å². The first kappa shape index (κ1) is 15.2. The van der Waals surface area contributed by atoms with Crippen molar-refractivity contribution < 1.29 is 25.5 Å². The van der Waals surface area contributed by atoms with Gasteiger partial charge in [-0.25, -0.2) is 0 Å². The molecule has 1 aliphatic rings. The van der Waals surface area contributed by atoms with Crippen LogP contribution in [0.15, 0.2) is 36.4 Å². The molecule has 3 aromatic carbocycles. The monoisotopic (exact) mass is 336 g/mol. The van der Waals surface area contributed by atoms with Gasteiger partial charge in [0.25, 0.3) is 0 Å². The molecule has 126 valence electrons. The Morgan fingerprint density at radius 3 is 2.28 bits per heavy atom. The summed E-state index contributed by atoms with van der Waals surface area (Å²) >= 11 is 0. The van der Waals surface area contributed by atoms with Crippen LogP contribution in [0.1, 0.15) is 23.1 Å². The summed E-state index contributed by atoms with van der Waals surface area (Å²) < 4.78 is 0. The zero-order valence-corrected chi connectivity index (χ0v) is 13.2. The Balaban J connectivity index is 1.96. The van der Waals surface area contributed by atoms with Gasteiger partial charge in [0.2, 0.25) is 0 Å². The number of phenolic OH excluding ortho intramolecular Hbond substituents is 5. The highest BCUT2D eigenvalue weighted by atomic mass is 16.3. The van der Waals surface area contributed by atoms with Gasteiger partial charge in [-0.15, -0.1) is 0 Å². The van der Waals surface area contributed by atoms with E-state index in [0.29, 0.717) is 23.8 Å². The molecule has 0 saturated carbocycles. The minimum absolute atomic E-state index is 0.105. The molecule has 0 heterocycles. The molecular formula is C20H16O5. The van der Waals surface area contributed by atoms with Crippen molar-refractivity contribution in [1.82, 2.24) is 0 Å². The highest BCUT2D eigenvalue weighted by molar-refractivity contribution is 6.04. The Morgan fingerprint density at radius 1 is 0.720 bits per heavy atom. The second kappa shape index (κ2) is 5.34. The Bertz CT molecular complexity index is 1050. The Hall–Kier alpha value is -3.34. The van der Waals surface area contributed by atoms with Crippen LogP contribution in [0.2, 0.25) is 0 Å². The molecule has 0 spiro atoms. The van der Waals surface area contributed by atoms with Gasteiger partial charge in [-0.05, 0) is 64.8 Å². The first-order valence-electron chi connectivity index (χ1n) is 7.88. The van der Waals surface area contributed by atoms with Gasteiger partial charge in [-0.3, -0.25) is 0 Å². The van der Waals surface area contributed by atoms with Crippen LogP contribution in [0, 0.1) is 0 Å². The van der Waals surface area contributed by atoms with Crippen LogP contribution in [0.25, 0.3) is 22.4 Å². The number of aromatic hydroxyl groups is 5. The van der Waals surface area contributed by atoms with E-state index in [1.807, 2.05) is 6.08 Å². The SMILES string of the molecule is Oc1cc2c(cc1O)CCC(c1cc(O)c(O)c3c(O)cccc13)=C2. The summed E-state index contributed by atoms with van der Waals surface area (Å²) in [6.45, 7) is 0. The van der Waals surface area contributed by atoms with E-state index in [4.69, 9.17) is 0 Å². The number of allylic oxidation sites excluding steroid dienone is 1. The number of phenols is 5. The maximum absolute atomic E-state index is 10.1. The van der Waals surface area contributed by atoms with Gasteiger partial charge < -0.3 is 25.5 Å². The molecule has 0 atom stereocenters. The summed E-state index contributed by atoms with van der Waals surface area (Å²) in [6.07, 6.45) is 3.20. The molecule has 0 radical (unpaired) electrons. The van der Waals surface area contributed by atoms with Crippen LogP contribution in [0.4, 0.5) is 0 Å². The van der Waals surface area contributed by atoms with Crippen LogP contribution >= 0.6 is 0 Å². The average Bonchev–Trinajstić information content (AvgIpc) is 2.59. The fourth-order valence-corrected chi connectivity index (χ4v) is 3.42. The fourth-order valence-electron chi connectivity index (χ4n) is 3.42. The van der Waals surface area contributed by atoms with Crippen LogP contribution in [0.5, 0.6) is 28.7 Å². The van der Waals surface area contributed by atoms with Gasteiger partial charge in [0, 0.05) is 0 Å². The lowest BCUT2D eigenvalue weighted by atomic mass is 9.86. The Kier molecular flexibility index (Phi) is 3.25. The second-order valence-corrected chi connectivity index (χ2v) is 6.20. The van der Waals surface area contributed by atoms with Crippen molar-refractivity contribution >= 4 is 22.4 Å². The van der Waals surface area contributed by atoms with Gasteiger partial charge in [-0.2, -0.15) is 0 Å². The molecule has 3 aromatic rings. The number of benzene rings is 3. The maximum Gasteiger partial charge on any atom is 0.169 e. The topological polar surface area (TPSA) is 101 Å². The van der Waals surface area contributed by atoms with Crippen LogP contribution in [0.3, 0.4) is 0 Å². The minimum atomic E-state index is -0.351. The number of rotatable bonds is 1. The standard InChI is InChI=1S/C20H16O5/c21-15-3-1-2-13-14(9-18(24)20(25)19(13)15)11-5-4-10-7-16(22)17(23)8-12(10)6-11/h1-3,6-9,21-25H,4-5H2. The second-order valence-electron chi connectivity index (χ2n) is 6.20. The molecule has 0 unspecified atom stereocenters. The van der Waals surface area contributed by atoms with E-state index in [0.717, 1.165) is 16.7 Å². The van der Waals surface area contributed by atoms with E-state index in [1.54, 1.807) is 18.2 Å². The lowest BCUT2D eigenvalue weighted by Crippen LogP contribution is -2.00. The van der Waals surface area contributed by atoms with Gasteiger partial charge in [-0.1, -0.05) is 18.2 Å². The van der Waals surface area contributed by atoms with Crippen LogP contribution < -0.4 is 0 Å². The average molecular weight is 336 g/mol. The molecule has 0 amide bonds. The normalized spacial score (nSPS) is 13.5. The van der Waals surface area contributed by atoms with E-state index < -0.39 is 0 Å². The zero-order valence-electron chi connectivity index (χ0n) is 13.2. The third-order valence-electron chi connectivity index (χ3n) is 4.67. The molecule has 0 fully saturated rings. The quantitative estimate of drug-likeness (QED) is 0.435. The lowest BCUT2D eigenvalue weighted by molar-refractivity contribution is 0.403. The number of hydrogen-bond acceptors (Lipinski definition) is 5. The highest BCUT2D eigenvalue weighted by Gasteiger charge is 2.20. The van der Waals surface area contributed by atoms with Crippen molar-refractivity contribution in [2.45, 2.75) is 12.8 Å². The molecule has 1 aliphatic carbocycles. The summed E-state index contributed by atoms with van der Waals surface area (Å²) in [5, 5.41) is 50.4. The van der Waals surface area contributed by atoms with Crippen LogP contribution in [-0.2, 0) is 6.42 Å². The maximum atomic E-state index is 10.1. The molecule has 25 heavy (non-hydrogen) atoms. The number of hydrogen-bond donors (Lipinski definition) is 5. The van der Waals surface area contributed by atoms with Crippen molar-refractivity contribution in [2.24, 2.45) is 0 Å². The smallest absolute Gasteiger partial charge is 0.169 e. The fraction of sp³-hybridized carbons (Fsp3) is 0.100. The van der Waals surface area contributed by atoms with Crippen molar-refractivity contribution in [2.75, 3.05) is 0 Å². The molecule has 0 bridgehead atoms. The Morgan fingerprint density at radius 2 is 1.48 bits per heavy atom. The summed E-state index contributed by atoms with van der Waals surface area (Å²) in [7, 11) is 0.